The molecule has 1 atom stereocenters. The summed E-state index contributed by atoms with van der Waals surface area (Å²) in [5.41, 5.74) is 0. The minimum Gasteiger partial charge on any atom is -0.497 e. The number of methoxy groups -OCH3 is 1. The van der Waals surface area contributed by atoms with Crippen LogP contribution in [0.25, 0.3) is 0 Å². The number of aliphatic hydroxyl groups excluding tert-OH is 1. The normalized spacial score (nSPS) is 11.7. The summed E-state index contributed by atoms with van der Waals surface area (Å²) >= 11 is 0. The van der Waals surface area contributed by atoms with Crippen LogP contribution < -0.4 is 14.8 Å². The molecule has 0 saturated carbocycles. The van der Waals surface area contributed by atoms with Crippen molar-refractivity contribution < 1.29 is 19.4 Å². The van der Waals surface area contributed by atoms with Crippen LogP contribution in [-0.2, 0) is 4.79 Å². The molecule has 0 spiro atoms. The highest BCUT2D eigenvalue weighted by atomic mass is 16.5. The van der Waals surface area contributed by atoms with E-state index in [2.05, 4.69) is 5.32 Å². The van der Waals surface area contributed by atoms with Gasteiger partial charge in [-0.1, -0.05) is 6.92 Å². The molecule has 5 nitrogen and oxygen atoms in total. The molecular weight excluding hydrogens is 234 g/mol. The fourth-order valence-corrected chi connectivity index (χ4v) is 1.22. The van der Waals surface area contributed by atoms with E-state index in [1.807, 2.05) is 6.92 Å². The van der Waals surface area contributed by atoms with Crippen molar-refractivity contribution in [2.24, 2.45) is 5.92 Å². The van der Waals surface area contributed by atoms with E-state index in [-0.39, 0.29) is 25.0 Å². The van der Waals surface area contributed by atoms with E-state index in [4.69, 9.17) is 14.6 Å². The Bertz CT molecular complexity index is 364. The first-order valence-electron chi connectivity index (χ1n) is 5.80. The maximum Gasteiger partial charge on any atom is 0.257 e. The number of benzene rings is 1. The molecule has 1 aromatic carbocycles. The molecule has 1 amide bonds. The third kappa shape index (κ3) is 5.05. The highest BCUT2D eigenvalue weighted by molar-refractivity contribution is 5.77. The van der Waals surface area contributed by atoms with Gasteiger partial charge in [-0.2, -0.15) is 0 Å². The lowest BCUT2D eigenvalue weighted by molar-refractivity contribution is -0.123. The van der Waals surface area contributed by atoms with Gasteiger partial charge in [-0.15, -0.1) is 0 Å². The zero-order valence-corrected chi connectivity index (χ0v) is 10.7. The van der Waals surface area contributed by atoms with Gasteiger partial charge in [0, 0.05) is 13.2 Å². The van der Waals surface area contributed by atoms with E-state index in [1.54, 1.807) is 31.4 Å². The van der Waals surface area contributed by atoms with Gasteiger partial charge < -0.3 is 19.9 Å². The van der Waals surface area contributed by atoms with E-state index >= 15 is 0 Å². The molecular formula is C13H19NO4. The van der Waals surface area contributed by atoms with Crippen LogP contribution in [0.4, 0.5) is 0 Å². The van der Waals surface area contributed by atoms with E-state index < -0.39 is 0 Å². The van der Waals surface area contributed by atoms with Crippen LogP contribution in [0.5, 0.6) is 11.5 Å². The predicted octanol–water partition coefficient (Wildman–Crippen LogP) is 0.819. The molecule has 0 heterocycles. The minimum atomic E-state index is -0.203. The Labute approximate surface area is 107 Å². The molecule has 2 N–H and O–H groups in total. The highest BCUT2D eigenvalue weighted by Gasteiger charge is 2.05. The van der Waals surface area contributed by atoms with Crippen LogP contribution in [0.1, 0.15) is 6.92 Å². The average Bonchev–Trinajstić information content (AvgIpc) is 2.42. The Morgan fingerprint density at radius 2 is 1.94 bits per heavy atom. The van der Waals surface area contributed by atoms with Gasteiger partial charge in [0.25, 0.3) is 5.91 Å². The van der Waals surface area contributed by atoms with Gasteiger partial charge in [0.2, 0.25) is 0 Å². The molecule has 18 heavy (non-hydrogen) atoms. The first-order chi connectivity index (χ1) is 8.65. The third-order valence-corrected chi connectivity index (χ3v) is 2.39. The van der Waals surface area contributed by atoms with Crippen molar-refractivity contribution in [3.8, 4) is 11.5 Å². The van der Waals surface area contributed by atoms with Crippen LogP contribution in [0.2, 0.25) is 0 Å². The molecule has 0 radical (unpaired) electrons. The zero-order valence-electron chi connectivity index (χ0n) is 10.7. The largest absolute Gasteiger partial charge is 0.497 e. The van der Waals surface area contributed by atoms with Crippen LogP contribution in [0.15, 0.2) is 24.3 Å². The first-order valence-corrected chi connectivity index (χ1v) is 5.80. The molecule has 5 heteroatoms. The van der Waals surface area contributed by atoms with Crippen LogP contribution in [0.3, 0.4) is 0 Å². The maximum absolute atomic E-state index is 11.4. The number of amides is 1. The zero-order chi connectivity index (χ0) is 13.4. The molecule has 0 aromatic heterocycles. The number of ether oxygens (including phenoxy) is 2. The second-order valence-corrected chi connectivity index (χ2v) is 4.06. The van der Waals surface area contributed by atoms with Crippen molar-refractivity contribution in [2.45, 2.75) is 6.92 Å². The van der Waals surface area contributed by atoms with Crippen LogP contribution in [-0.4, -0.2) is 37.9 Å². The van der Waals surface area contributed by atoms with Crippen molar-refractivity contribution in [2.75, 3.05) is 26.9 Å². The molecule has 0 bridgehead atoms. The summed E-state index contributed by atoms with van der Waals surface area (Å²) in [7, 11) is 1.59. The summed E-state index contributed by atoms with van der Waals surface area (Å²) < 4.78 is 10.3. The van der Waals surface area contributed by atoms with Crippen molar-refractivity contribution in [1.82, 2.24) is 5.32 Å². The number of rotatable bonds is 7. The molecule has 0 aliphatic carbocycles. The van der Waals surface area contributed by atoms with Gasteiger partial charge in [-0.05, 0) is 30.2 Å². The molecule has 0 fully saturated rings. The summed E-state index contributed by atoms with van der Waals surface area (Å²) in [6, 6.07) is 7.01. The maximum atomic E-state index is 11.4. The van der Waals surface area contributed by atoms with Gasteiger partial charge in [-0.25, -0.2) is 0 Å². The van der Waals surface area contributed by atoms with E-state index in [1.165, 1.54) is 0 Å². The third-order valence-electron chi connectivity index (χ3n) is 2.39. The van der Waals surface area contributed by atoms with Crippen LogP contribution >= 0.6 is 0 Å². The smallest absolute Gasteiger partial charge is 0.257 e. The van der Waals surface area contributed by atoms with Gasteiger partial charge in [0.15, 0.2) is 6.61 Å². The van der Waals surface area contributed by atoms with Crippen molar-refractivity contribution >= 4 is 5.91 Å². The van der Waals surface area contributed by atoms with Crippen molar-refractivity contribution in [3.05, 3.63) is 24.3 Å². The van der Waals surface area contributed by atoms with Crippen molar-refractivity contribution in [1.29, 1.82) is 0 Å². The topological polar surface area (TPSA) is 67.8 Å². The Hall–Kier alpha value is -1.75. The van der Waals surface area contributed by atoms with Gasteiger partial charge >= 0.3 is 0 Å². The molecule has 1 unspecified atom stereocenters. The summed E-state index contributed by atoms with van der Waals surface area (Å²) in [5, 5.41) is 11.5. The predicted molar refractivity (Wildman–Crippen MR) is 67.7 cm³/mol. The fourth-order valence-electron chi connectivity index (χ4n) is 1.22. The van der Waals surface area contributed by atoms with E-state index in [9.17, 15) is 4.79 Å². The lowest BCUT2D eigenvalue weighted by atomic mass is 10.2. The Morgan fingerprint density at radius 1 is 1.33 bits per heavy atom. The number of carbonyl (C=O) groups is 1. The Morgan fingerprint density at radius 3 is 2.50 bits per heavy atom. The molecule has 0 aliphatic heterocycles. The second kappa shape index (κ2) is 7.55. The number of aliphatic hydroxyl groups is 1. The summed E-state index contributed by atoms with van der Waals surface area (Å²) in [6.45, 7) is 2.32. The molecule has 0 aliphatic rings. The number of hydrogen-bond acceptors (Lipinski definition) is 4. The number of hydrogen-bond donors (Lipinski definition) is 2. The minimum absolute atomic E-state index is 0.0372. The SMILES string of the molecule is COc1ccc(OCC(=O)NCC(C)CO)cc1. The molecule has 0 saturated heterocycles. The quantitative estimate of drug-likeness (QED) is 0.755. The van der Waals surface area contributed by atoms with Gasteiger partial charge in [-0.3, -0.25) is 4.79 Å². The Kier molecular flexibility index (Phi) is 6.00. The van der Waals surface area contributed by atoms with E-state index in [0.717, 1.165) is 5.75 Å². The van der Waals surface area contributed by atoms with Crippen molar-refractivity contribution in [3.63, 3.8) is 0 Å². The summed E-state index contributed by atoms with van der Waals surface area (Å²) in [6.07, 6.45) is 0. The molecule has 1 aromatic rings. The van der Waals surface area contributed by atoms with Crippen LogP contribution in [0, 0.1) is 5.92 Å². The monoisotopic (exact) mass is 253 g/mol. The lowest BCUT2D eigenvalue weighted by Crippen LogP contribution is -2.33. The van der Waals surface area contributed by atoms with E-state index in [0.29, 0.717) is 12.3 Å². The lowest BCUT2D eigenvalue weighted by Gasteiger charge is -2.10. The standard InChI is InChI=1S/C13H19NO4/c1-10(8-15)7-14-13(16)9-18-12-5-3-11(17-2)4-6-12/h3-6,10,15H,7-9H2,1-2H3,(H,14,16). The first kappa shape index (κ1) is 14.3. The van der Waals surface area contributed by atoms with Gasteiger partial charge in [0.1, 0.15) is 11.5 Å². The average molecular weight is 253 g/mol. The highest BCUT2D eigenvalue weighted by Crippen LogP contribution is 2.16. The second-order valence-electron chi connectivity index (χ2n) is 4.06. The summed E-state index contributed by atoms with van der Waals surface area (Å²) in [4.78, 5) is 11.4. The Balaban J connectivity index is 2.29. The number of carbonyl (C=O) groups excluding carboxylic acids is 1. The molecule has 1 rings (SSSR count). The fraction of sp³-hybridized carbons (Fsp3) is 0.462. The number of nitrogens with one attached hydrogen (secondary N) is 1. The summed E-state index contributed by atoms with van der Waals surface area (Å²) in [5.74, 6) is 1.20. The van der Waals surface area contributed by atoms with Gasteiger partial charge in [0.05, 0.1) is 7.11 Å². The molecule has 100 valence electrons.